The van der Waals surface area contributed by atoms with Crippen molar-refractivity contribution in [1.29, 1.82) is 5.26 Å². The molecule has 0 radical (unpaired) electrons. The number of carbonyl (C=O) groups is 1. The molecular weight excluding hydrogens is 410 g/mol. The first-order chi connectivity index (χ1) is 13.9. The van der Waals surface area contributed by atoms with E-state index in [2.05, 4.69) is 36.8 Å². The van der Waals surface area contributed by atoms with Crippen LogP contribution in [0.1, 0.15) is 26.7 Å². The molecule has 3 heterocycles. The summed E-state index contributed by atoms with van der Waals surface area (Å²) in [5.74, 6) is 0.923. The zero-order valence-corrected chi connectivity index (χ0v) is 17.8. The van der Waals surface area contributed by atoms with Gasteiger partial charge in [-0.2, -0.15) is 5.26 Å². The standard InChI is InChI=1S/C19H22ClN7OS/c1-10(6-21)23-15-5-16(20)22-7-14(15)18-25-26-19(29-18)27-8-12-3-4-13(9-27)17(12)24-11(2)28/h5,7,10,12-13,17H,3-4,8-9H2,1-2H3,(H,22,23)(H,24,28)/t10-,12-,13+,17?/m1/s1. The summed E-state index contributed by atoms with van der Waals surface area (Å²) in [7, 11) is 0. The Morgan fingerprint density at radius 2 is 2.10 bits per heavy atom. The normalized spacial score (nSPS) is 24.1. The van der Waals surface area contributed by atoms with Gasteiger partial charge in [0.15, 0.2) is 5.01 Å². The molecule has 0 spiro atoms. The van der Waals surface area contributed by atoms with Gasteiger partial charge >= 0.3 is 0 Å². The number of halogens is 1. The van der Waals surface area contributed by atoms with E-state index in [0.29, 0.717) is 22.7 Å². The highest BCUT2D eigenvalue weighted by Gasteiger charge is 2.43. The first-order valence-electron chi connectivity index (χ1n) is 9.62. The molecule has 2 bridgehead atoms. The number of hydrogen-bond acceptors (Lipinski definition) is 8. The zero-order chi connectivity index (χ0) is 20.5. The third-order valence-corrected chi connectivity index (χ3v) is 6.78. The second-order valence-corrected chi connectivity index (χ2v) is 9.01. The SMILES string of the molecule is CC(=O)NC1[C@@H]2CC[C@H]1CN(c1nnc(-c3cnc(Cl)cc3N[C@H](C)C#N)s1)C2. The van der Waals surface area contributed by atoms with Crippen LogP contribution in [0.25, 0.3) is 10.6 Å². The van der Waals surface area contributed by atoms with Crippen LogP contribution in [0, 0.1) is 23.2 Å². The van der Waals surface area contributed by atoms with Crippen LogP contribution in [0.15, 0.2) is 12.3 Å². The fourth-order valence-electron chi connectivity index (χ4n) is 4.29. The number of nitrogens with zero attached hydrogens (tertiary/aromatic N) is 5. The highest BCUT2D eigenvalue weighted by atomic mass is 35.5. The average Bonchev–Trinajstić information content (AvgIpc) is 3.23. The molecule has 10 heteroatoms. The second-order valence-electron chi connectivity index (χ2n) is 7.67. The Labute approximate surface area is 178 Å². The number of amides is 1. The predicted octanol–water partition coefficient (Wildman–Crippen LogP) is 2.93. The topological polar surface area (TPSA) is 107 Å². The van der Waals surface area contributed by atoms with E-state index in [-0.39, 0.29) is 18.0 Å². The van der Waals surface area contributed by atoms with Gasteiger partial charge in [-0.1, -0.05) is 22.9 Å². The Kier molecular flexibility index (Phi) is 5.56. The van der Waals surface area contributed by atoms with E-state index in [1.165, 1.54) is 11.3 Å². The minimum atomic E-state index is -0.372. The lowest BCUT2D eigenvalue weighted by Crippen LogP contribution is -2.52. The number of pyridine rings is 1. The molecule has 1 amide bonds. The summed E-state index contributed by atoms with van der Waals surface area (Å²) < 4.78 is 0. The van der Waals surface area contributed by atoms with Crippen molar-refractivity contribution in [3.05, 3.63) is 17.4 Å². The number of anilines is 2. The number of fused-ring (bicyclic) bond motifs is 2. The molecule has 1 saturated heterocycles. The van der Waals surface area contributed by atoms with Gasteiger partial charge in [-0.15, -0.1) is 10.2 Å². The monoisotopic (exact) mass is 431 g/mol. The molecule has 2 aromatic heterocycles. The molecule has 2 N–H and O–H groups in total. The molecule has 1 unspecified atom stereocenters. The van der Waals surface area contributed by atoms with Crippen molar-refractivity contribution in [1.82, 2.24) is 20.5 Å². The highest BCUT2D eigenvalue weighted by Crippen LogP contribution is 2.41. The lowest BCUT2D eigenvalue weighted by atomic mass is 9.92. The van der Waals surface area contributed by atoms with Crippen molar-refractivity contribution in [3.8, 4) is 16.6 Å². The maximum atomic E-state index is 11.5. The predicted molar refractivity (Wildman–Crippen MR) is 113 cm³/mol. The molecule has 4 rings (SSSR count). The van der Waals surface area contributed by atoms with Gasteiger partial charge in [-0.05, 0) is 37.7 Å². The van der Waals surface area contributed by atoms with Crippen molar-refractivity contribution in [2.45, 2.75) is 38.8 Å². The molecule has 1 aliphatic carbocycles. The Balaban J connectivity index is 1.55. The fourth-order valence-corrected chi connectivity index (χ4v) is 5.33. The van der Waals surface area contributed by atoms with Crippen molar-refractivity contribution < 1.29 is 4.79 Å². The smallest absolute Gasteiger partial charge is 0.217 e. The van der Waals surface area contributed by atoms with Crippen molar-refractivity contribution in [2.24, 2.45) is 11.8 Å². The van der Waals surface area contributed by atoms with Gasteiger partial charge in [-0.25, -0.2) is 4.98 Å². The largest absolute Gasteiger partial charge is 0.369 e. The molecule has 29 heavy (non-hydrogen) atoms. The molecule has 2 fully saturated rings. The van der Waals surface area contributed by atoms with Crippen LogP contribution in [-0.4, -0.2) is 46.3 Å². The molecule has 1 saturated carbocycles. The number of rotatable bonds is 5. The molecule has 1 aliphatic heterocycles. The lowest BCUT2D eigenvalue weighted by Gasteiger charge is -2.37. The molecule has 0 aromatic carbocycles. The first kappa shape index (κ1) is 19.9. The van der Waals surface area contributed by atoms with Gasteiger partial charge < -0.3 is 15.5 Å². The van der Waals surface area contributed by atoms with Crippen LogP contribution < -0.4 is 15.5 Å². The van der Waals surface area contributed by atoms with Gasteiger partial charge in [0.1, 0.15) is 11.2 Å². The summed E-state index contributed by atoms with van der Waals surface area (Å²) >= 11 is 7.55. The van der Waals surface area contributed by atoms with Crippen LogP contribution in [0.3, 0.4) is 0 Å². The molecule has 2 aliphatic rings. The van der Waals surface area contributed by atoms with E-state index in [1.807, 2.05) is 0 Å². The quantitative estimate of drug-likeness (QED) is 0.701. The lowest BCUT2D eigenvalue weighted by molar-refractivity contribution is -0.120. The summed E-state index contributed by atoms with van der Waals surface area (Å²) in [6, 6.07) is 3.75. The van der Waals surface area contributed by atoms with Crippen LogP contribution in [0.4, 0.5) is 10.8 Å². The van der Waals surface area contributed by atoms with Crippen LogP contribution in [0.2, 0.25) is 5.15 Å². The maximum Gasteiger partial charge on any atom is 0.217 e. The van der Waals surface area contributed by atoms with E-state index in [1.54, 1.807) is 26.1 Å². The number of aromatic nitrogens is 3. The van der Waals surface area contributed by atoms with Crippen LogP contribution in [0.5, 0.6) is 0 Å². The van der Waals surface area contributed by atoms with Crippen LogP contribution >= 0.6 is 22.9 Å². The molecule has 8 nitrogen and oxygen atoms in total. The number of piperidine rings is 1. The Morgan fingerprint density at radius 1 is 1.38 bits per heavy atom. The summed E-state index contributed by atoms with van der Waals surface area (Å²) in [6.45, 7) is 5.09. The fraction of sp³-hybridized carbons (Fsp3) is 0.526. The molecule has 152 valence electrons. The van der Waals surface area contributed by atoms with Gasteiger partial charge in [0.25, 0.3) is 0 Å². The van der Waals surface area contributed by atoms with E-state index < -0.39 is 0 Å². The van der Waals surface area contributed by atoms with Crippen molar-refractivity contribution in [3.63, 3.8) is 0 Å². The summed E-state index contributed by atoms with van der Waals surface area (Å²) in [5, 5.41) is 26.1. The Morgan fingerprint density at radius 3 is 2.76 bits per heavy atom. The number of hydrogen-bond donors (Lipinski definition) is 2. The van der Waals surface area contributed by atoms with Crippen molar-refractivity contribution >= 4 is 39.7 Å². The number of nitriles is 1. The number of nitrogens with one attached hydrogen (secondary N) is 2. The Hall–Kier alpha value is -2.44. The zero-order valence-electron chi connectivity index (χ0n) is 16.2. The van der Waals surface area contributed by atoms with E-state index in [4.69, 9.17) is 16.9 Å². The number of carbonyl (C=O) groups excluding carboxylic acids is 1. The molecule has 4 atom stereocenters. The second kappa shape index (κ2) is 8.13. The summed E-state index contributed by atoms with van der Waals surface area (Å²) in [6.07, 6.45) is 3.91. The van der Waals surface area contributed by atoms with Gasteiger partial charge in [0.2, 0.25) is 11.0 Å². The molecular formula is C19H22ClN7OS. The maximum absolute atomic E-state index is 11.5. The highest BCUT2D eigenvalue weighted by molar-refractivity contribution is 7.18. The minimum Gasteiger partial charge on any atom is -0.369 e. The minimum absolute atomic E-state index is 0.0421. The molecule has 2 aromatic rings. The Bertz CT molecular complexity index is 944. The van der Waals surface area contributed by atoms with Gasteiger partial charge in [-0.3, -0.25) is 4.79 Å². The average molecular weight is 432 g/mol. The van der Waals surface area contributed by atoms with Gasteiger partial charge in [0, 0.05) is 32.3 Å². The third kappa shape index (κ3) is 4.14. The van der Waals surface area contributed by atoms with Crippen LogP contribution in [-0.2, 0) is 4.79 Å². The van der Waals surface area contributed by atoms with E-state index in [9.17, 15) is 4.79 Å². The van der Waals surface area contributed by atoms with E-state index in [0.717, 1.165) is 41.6 Å². The van der Waals surface area contributed by atoms with E-state index >= 15 is 0 Å². The van der Waals surface area contributed by atoms with Gasteiger partial charge in [0.05, 0.1) is 17.3 Å². The third-order valence-electron chi connectivity index (χ3n) is 5.56. The van der Waals surface area contributed by atoms with Crippen molar-refractivity contribution in [2.75, 3.05) is 23.3 Å². The first-order valence-corrected chi connectivity index (χ1v) is 10.8. The summed E-state index contributed by atoms with van der Waals surface area (Å²) in [4.78, 5) is 18.0. The summed E-state index contributed by atoms with van der Waals surface area (Å²) in [5.41, 5.74) is 1.49.